The van der Waals surface area contributed by atoms with E-state index in [4.69, 9.17) is 16.7 Å². The first-order valence-electron chi connectivity index (χ1n) is 3.21. The molecule has 56 valence electrons. The summed E-state index contributed by atoms with van der Waals surface area (Å²) in [6.45, 7) is 2.66. The van der Waals surface area contributed by atoms with E-state index < -0.39 is 5.75 Å². The van der Waals surface area contributed by atoms with E-state index in [0.29, 0.717) is 6.61 Å². The molecule has 9 heavy (non-hydrogen) atoms. The number of alkyl halides is 1. The molecule has 1 unspecified atom stereocenters. The van der Waals surface area contributed by atoms with Crippen LogP contribution in [-0.4, -0.2) is 17.5 Å². The van der Waals surface area contributed by atoms with Gasteiger partial charge in [-0.3, -0.25) is 0 Å². The van der Waals surface area contributed by atoms with Crippen LogP contribution in [0.1, 0.15) is 26.2 Å². The van der Waals surface area contributed by atoms with Crippen molar-refractivity contribution >= 4 is 11.6 Å². The Morgan fingerprint density at radius 3 is 2.67 bits per heavy atom. The molecular weight excluding hydrogens is 140 g/mol. The fourth-order valence-electron chi connectivity index (χ4n) is 0.533. The van der Waals surface area contributed by atoms with Crippen molar-refractivity contribution in [1.82, 2.24) is 0 Å². The molecule has 1 atom stereocenters. The minimum absolute atomic E-state index is 0.554. The summed E-state index contributed by atoms with van der Waals surface area (Å²) in [5.41, 5.74) is 0. The molecule has 0 aromatic heterocycles. The summed E-state index contributed by atoms with van der Waals surface area (Å²) in [6.07, 6.45) is 3.26. The van der Waals surface area contributed by atoms with E-state index in [1.54, 1.807) is 0 Å². The van der Waals surface area contributed by atoms with Gasteiger partial charge in [0, 0.05) is 0 Å². The highest BCUT2D eigenvalue weighted by molar-refractivity contribution is 6.18. The first-order valence-corrected chi connectivity index (χ1v) is 3.64. The van der Waals surface area contributed by atoms with Gasteiger partial charge in [0.25, 0.3) is 0 Å². The quantitative estimate of drug-likeness (QED) is 0.369. The van der Waals surface area contributed by atoms with Crippen LogP contribution in [0.15, 0.2) is 0 Å². The first kappa shape index (κ1) is 9.21. The van der Waals surface area contributed by atoms with Crippen LogP contribution in [0, 0.1) is 0 Å². The highest BCUT2D eigenvalue weighted by Gasteiger charge is 1.94. The zero-order chi connectivity index (χ0) is 7.11. The van der Waals surface area contributed by atoms with Crippen molar-refractivity contribution < 1.29 is 9.84 Å². The number of aliphatic hydroxyl groups is 1. The number of unbranched alkanes of at least 4 members (excludes halogenated alkanes) is 2. The van der Waals surface area contributed by atoms with Gasteiger partial charge >= 0.3 is 0 Å². The maximum absolute atomic E-state index is 8.39. The Morgan fingerprint density at radius 1 is 1.56 bits per heavy atom. The molecule has 0 bridgehead atoms. The number of hydrogen-bond donors (Lipinski definition) is 1. The molecule has 0 aliphatic heterocycles. The Bertz CT molecular complexity index is 57.0. The summed E-state index contributed by atoms with van der Waals surface area (Å²) in [7, 11) is 0. The van der Waals surface area contributed by atoms with Gasteiger partial charge in [0.05, 0.1) is 6.61 Å². The van der Waals surface area contributed by atoms with E-state index in [2.05, 4.69) is 11.7 Å². The van der Waals surface area contributed by atoms with E-state index in [1.807, 2.05) is 0 Å². The topological polar surface area (TPSA) is 29.5 Å². The summed E-state index contributed by atoms with van der Waals surface area (Å²) in [6, 6.07) is 0. The van der Waals surface area contributed by atoms with Gasteiger partial charge in [0.2, 0.25) is 5.75 Å². The fourth-order valence-corrected chi connectivity index (χ4v) is 0.622. The zero-order valence-electron chi connectivity index (χ0n) is 5.64. The highest BCUT2D eigenvalue weighted by atomic mass is 35.5. The highest BCUT2D eigenvalue weighted by Crippen LogP contribution is 1.97. The van der Waals surface area contributed by atoms with Crippen LogP contribution in [-0.2, 0) is 4.74 Å². The smallest absolute Gasteiger partial charge is 0.234 e. The lowest BCUT2D eigenvalue weighted by Gasteiger charge is -2.02. The zero-order valence-corrected chi connectivity index (χ0v) is 6.40. The van der Waals surface area contributed by atoms with Gasteiger partial charge in [0.1, 0.15) is 0 Å². The molecule has 0 aliphatic rings. The molecule has 0 aliphatic carbocycles. The molecule has 0 aromatic carbocycles. The minimum atomic E-state index is -1.12. The molecule has 0 rings (SSSR count). The molecular formula is C6H13ClO2. The van der Waals surface area contributed by atoms with Gasteiger partial charge in [-0.2, -0.15) is 0 Å². The van der Waals surface area contributed by atoms with Crippen molar-refractivity contribution in [1.29, 1.82) is 0 Å². The van der Waals surface area contributed by atoms with Gasteiger partial charge in [-0.1, -0.05) is 31.4 Å². The van der Waals surface area contributed by atoms with Crippen LogP contribution in [0.5, 0.6) is 0 Å². The van der Waals surface area contributed by atoms with Crippen LogP contribution in [0.3, 0.4) is 0 Å². The van der Waals surface area contributed by atoms with Crippen molar-refractivity contribution in [3.63, 3.8) is 0 Å². The molecule has 0 amide bonds. The maximum atomic E-state index is 8.39. The lowest BCUT2D eigenvalue weighted by molar-refractivity contribution is -0.0395. The summed E-state index contributed by atoms with van der Waals surface area (Å²) < 4.78 is 4.66. The number of rotatable bonds is 5. The van der Waals surface area contributed by atoms with Crippen LogP contribution < -0.4 is 0 Å². The predicted molar refractivity (Wildman–Crippen MR) is 37.3 cm³/mol. The van der Waals surface area contributed by atoms with Crippen molar-refractivity contribution in [2.45, 2.75) is 31.9 Å². The normalized spacial score (nSPS) is 13.7. The van der Waals surface area contributed by atoms with Gasteiger partial charge < -0.3 is 9.84 Å². The van der Waals surface area contributed by atoms with E-state index in [1.165, 1.54) is 0 Å². The number of aliphatic hydroxyl groups excluding tert-OH is 1. The van der Waals surface area contributed by atoms with E-state index >= 15 is 0 Å². The fraction of sp³-hybridized carbons (Fsp3) is 1.00. The van der Waals surface area contributed by atoms with Crippen LogP contribution in [0.25, 0.3) is 0 Å². The maximum Gasteiger partial charge on any atom is 0.234 e. The molecule has 2 nitrogen and oxygen atoms in total. The summed E-state index contributed by atoms with van der Waals surface area (Å²) in [5, 5.41) is 8.39. The largest absolute Gasteiger partial charge is 0.356 e. The van der Waals surface area contributed by atoms with Gasteiger partial charge in [-0.15, -0.1) is 0 Å². The minimum Gasteiger partial charge on any atom is -0.356 e. The van der Waals surface area contributed by atoms with E-state index in [-0.39, 0.29) is 0 Å². The standard InChI is InChI=1S/C6H13ClO2/c1-2-3-4-5-9-6(7)8/h6,8H,2-5H2,1H3. The molecule has 0 spiro atoms. The Balaban J connectivity index is 2.75. The molecule has 1 N–H and O–H groups in total. The molecule has 0 saturated carbocycles. The third kappa shape index (κ3) is 8.21. The second-order valence-electron chi connectivity index (χ2n) is 1.87. The number of hydrogen-bond acceptors (Lipinski definition) is 2. The molecule has 0 fully saturated rings. The number of halogens is 1. The van der Waals surface area contributed by atoms with Crippen molar-refractivity contribution in [2.24, 2.45) is 0 Å². The van der Waals surface area contributed by atoms with Crippen molar-refractivity contribution in [3.05, 3.63) is 0 Å². The van der Waals surface area contributed by atoms with Crippen LogP contribution >= 0.6 is 11.6 Å². The van der Waals surface area contributed by atoms with E-state index in [9.17, 15) is 0 Å². The van der Waals surface area contributed by atoms with Crippen LogP contribution in [0.4, 0.5) is 0 Å². The Labute approximate surface area is 60.8 Å². The third-order valence-corrected chi connectivity index (χ3v) is 1.13. The average Bonchev–Trinajstić information content (AvgIpc) is 1.80. The van der Waals surface area contributed by atoms with Crippen LogP contribution in [0.2, 0.25) is 0 Å². The second-order valence-corrected chi connectivity index (χ2v) is 2.24. The predicted octanol–water partition coefficient (Wildman–Crippen LogP) is 1.71. The monoisotopic (exact) mass is 152 g/mol. The second kappa shape index (κ2) is 6.33. The lowest BCUT2D eigenvalue weighted by Crippen LogP contribution is -2.03. The lowest BCUT2D eigenvalue weighted by atomic mass is 10.3. The average molecular weight is 153 g/mol. The Morgan fingerprint density at radius 2 is 2.22 bits per heavy atom. The molecule has 0 saturated heterocycles. The SMILES string of the molecule is CCCCCOC(O)Cl. The summed E-state index contributed by atoms with van der Waals surface area (Å²) in [5.74, 6) is -1.12. The summed E-state index contributed by atoms with van der Waals surface area (Å²) >= 11 is 5.09. The molecule has 3 heteroatoms. The van der Waals surface area contributed by atoms with Gasteiger partial charge in [-0.25, -0.2) is 0 Å². The molecule has 0 radical (unpaired) electrons. The molecule has 0 aromatic rings. The van der Waals surface area contributed by atoms with Crippen molar-refractivity contribution in [2.75, 3.05) is 6.61 Å². The summed E-state index contributed by atoms with van der Waals surface area (Å²) in [4.78, 5) is 0. The number of ether oxygens (including phenoxy) is 1. The van der Waals surface area contributed by atoms with Gasteiger partial charge in [-0.05, 0) is 6.42 Å². The Hall–Kier alpha value is 0.210. The van der Waals surface area contributed by atoms with Gasteiger partial charge in [0.15, 0.2) is 0 Å². The van der Waals surface area contributed by atoms with Crippen molar-refractivity contribution in [3.8, 4) is 0 Å². The van der Waals surface area contributed by atoms with E-state index in [0.717, 1.165) is 19.3 Å². The first-order chi connectivity index (χ1) is 4.27. The molecule has 0 heterocycles. The third-order valence-electron chi connectivity index (χ3n) is 1.00. The Kier molecular flexibility index (Phi) is 6.48.